The van der Waals surface area contributed by atoms with Crippen molar-refractivity contribution in [2.75, 3.05) is 19.6 Å². The first-order valence-electron chi connectivity index (χ1n) is 7.90. The average Bonchev–Trinajstić information content (AvgIpc) is 2.94. The highest BCUT2D eigenvalue weighted by Crippen LogP contribution is 2.29. The number of likely N-dealkylation sites (tertiary alicyclic amines) is 1. The molecule has 0 bridgehead atoms. The summed E-state index contributed by atoms with van der Waals surface area (Å²) in [7, 11) is 0. The van der Waals surface area contributed by atoms with Crippen molar-refractivity contribution in [3.8, 4) is 0 Å². The second-order valence-corrected chi connectivity index (χ2v) is 6.23. The van der Waals surface area contributed by atoms with Crippen molar-refractivity contribution in [3.05, 3.63) is 0 Å². The predicted molar refractivity (Wildman–Crippen MR) is 78.0 cm³/mol. The summed E-state index contributed by atoms with van der Waals surface area (Å²) < 4.78 is 0. The third-order valence-corrected chi connectivity index (χ3v) is 4.86. The maximum Gasteiger partial charge on any atom is 0.242 e. The summed E-state index contributed by atoms with van der Waals surface area (Å²) in [5, 5.41) is 3.42. The van der Waals surface area contributed by atoms with Crippen LogP contribution in [0, 0.1) is 5.92 Å². The highest BCUT2D eigenvalue weighted by molar-refractivity contribution is 5.86. The molecule has 5 heteroatoms. The molecule has 5 nitrogen and oxygen atoms in total. The molecule has 114 valence electrons. The maximum absolute atomic E-state index is 12.8. The maximum atomic E-state index is 12.8. The normalized spacial score (nSPS) is 30.4. The number of primary amides is 1. The van der Waals surface area contributed by atoms with E-state index in [-0.39, 0.29) is 17.4 Å². The van der Waals surface area contributed by atoms with Gasteiger partial charge in [-0.25, -0.2) is 0 Å². The lowest BCUT2D eigenvalue weighted by atomic mass is 9.88. The summed E-state index contributed by atoms with van der Waals surface area (Å²) >= 11 is 0. The van der Waals surface area contributed by atoms with E-state index in [9.17, 15) is 9.59 Å². The van der Waals surface area contributed by atoms with Gasteiger partial charge in [0.05, 0.1) is 5.54 Å². The van der Waals surface area contributed by atoms with Crippen molar-refractivity contribution in [1.82, 2.24) is 10.2 Å². The Bertz CT molecular complexity index is 364. The number of hydrogen-bond donors (Lipinski definition) is 2. The highest BCUT2D eigenvalue weighted by atomic mass is 16.2. The Morgan fingerprint density at radius 2 is 2.20 bits per heavy atom. The molecule has 0 radical (unpaired) electrons. The first-order valence-corrected chi connectivity index (χ1v) is 7.90. The Morgan fingerprint density at radius 3 is 2.80 bits per heavy atom. The Morgan fingerprint density at radius 1 is 1.40 bits per heavy atom. The molecule has 0 spiro atoms. The smallest absolute Gasteiger partial charge is 0.242 e. The summed E-state index contributed by atoms with van der Waals surface area (Å²) in [6.45, 7) is 4.67. The van der Waals surface area contributed by atoms with Gasteiger partial charge in [0.25, 0.3) is 0 Å². The van der Waals surface area contributed by atoms with Gasteiger partial charge < -0.3 is 16.0 Å². The zero-order valence-corrected chi connectivity index (χ0v) is 12.5. The van der Waals surface area contributed by atoms with Crippen molar-refractivity contribution in [2.24, 2.45) is 11.7 Å². The van der Waals surface area contributed by atoms with E-state index in [2.05, 4.69) is 12.2 Å². The minimum atomic E-state index is -0.328. The van der Waals surface area contributed by atoms with E-state index in [0.29, 0.717) is 12.3 Å². The third-order valence-electron chi connectivity index (χ3n) is 4.86. The van der Waals surface area contributed by atoms with Gasteiger partial charge in [-0.3, -0.25) is 9.59 Å². The Balaban J connectivity index is 1.94. The molecular formula is C15H27N3O2. The van der Waals surface area contributed by atoms with Crippen LogP contribution in [-0.2, 0) is 9.59 Å². The van der Waals surface area contributed by atoms with E-state index in [1.165, 1.54) is 0 Å². The molecular weight excluding hydrogens is 254 g/mol. The Hall–Kier alpha value is -1.10. The monoisotopic (exact) mass is 281 g/mol. The molecule has 0 aliphatic carbocycles. The van der Waals surface area contributed by atoms with Gasteiger partial charge in [0.1, 0.15) is 0 Å². The largest absolute Gasteiger partial charge is 0.370 e. The van der Waals surface area contributed by atoms with Crippen molar-refractivity contribution in [2.45, 2.75) is 57.4 Å². The van der Waals surface area contributed by atoms with Gasteiger partial charge in [0.2, 0.25) is 11.8 Å². The van der Waals surface area contributed by atoms with Crippen LogP contribution in [0.25, 0.3) is 0 Å². The topological polar surface area (TPSA) is 75.4 Å². The molecule has 2 aliphatic rings. The van der Waals surface area contributed by atoms with E-state index < -0.39 is 0 Å². The fourth-order valence-electron chi connectivity index (χ4n) is 3.58. The van der Waals surface area contributed by atoms with Crippen LogP contribution in [0.2, 0.25) is 0 Å². The number of nitrogens with zero attached hydrogens (tertiary/aromatic N) is 1. The van der Waals surface area contributed by atoms with Gasteiger partial charge in [-0.2, -0.15) is 0 Å². The highest BCUT2D eigenvalue weighted by Gasteiger charge is 2.42. The average molecular weight is 281 g/mol. The molecule has 0 aromatic heterocycles. The summed E-state index contributed by atoms with van der Waals surface area (Å²) in [6.07, 6.45) is 6.27. The first-order chi connectivity index (χ1) is 9.57. The lowest BCUT2D eigenvalue weighted by Gasteiger charge is -2.39. The molecule has 2 heterocycles. The molecule has 2 atom stereocenters. The number of rotatable bonds is 5. The van der Waals surface area contributed by atoms with Gasteiger partial charge in [-0.15, -0.1) is 0 Å². The molecule has 3 N–H and O–H groups in total. The predicted octanol–water partition coefficient (Wildman–Crippen LogP) is 1.02. The summed E-state index contributed by atoms with van der Waals surface area (Å²) in [5.74, 6) is 0.452. The van der Waals surface area contributed by atoms with Crippen LogP contribution >= 0.6 is 0 Å². The van der Waals surface area contributed by atoms with Crippen LogP contribution in [0.1, 0.15) is 51.9 Å². The Labute approximate surface area is 121 Å². The fourth-order valence-corrected chi connectivity index (χ4v) is 3.58. The van der Waals surface area contributed by atoms with Crippen LogP contribution in [0.4, 0.5) is 0 Å². The van der Waals surface area contributed by atoms with E-state index >= 15 is 0 Å². The SMILES string of the molecule is CCC1(C(=O)N2CCCC(CCC(N)=O)C2)CCCN1. The molecule has 2 amide bonds. The minimum Gasteiger partial charge on any atom is -0.370 e. The number of carbonyl (C=O) groups excluding carboxylic acids is 2. The lowest BCUT2D eigenvalue weighted by Crippen LogP contribution is -2.56. The number of hydrogen-bond acceptors (Lipinski definition) is 3. The van der Waals surface area contributed by atoms with Crippen LogP contribution in [0.5, 0.6) is 0 Å². The quantitative estimate of drug-likeness (QED) is 0.790. The number of piperidine rings is 1. The molecule has 0 saturated carbocycles. The molecule has 2 aliphatic heterocycles. The lowest BCUT2D eigenvalue weighted by molar-refractivity contribution is -0.140. The molecule has 2 unspecified atom stereocenters. The first kappa shape index (κ1) is 15.3. The second-order valence-electron chi connectivity index (χ2n) is 6.23. The number of amides is 2. The van der Waals surface area contributed by atoms with E-state index in [1.807, 2.05) is 4.90 Å². The standard InChI is InChI=1S/C15H27N3O2/c1-2-15(8-4-9-17-15)14(20)18-10-3-5-12(11-18)6-7-13(16)19/h12,17H,2-11H2,1H3,(H2,16,19). The van der Waals surface area contributed by atoms with Crippen LogP contribution in [0.15, 0.2) is 0 Å². The molecule has 2 fully saturated rings. The van der Waals surface area contributed by atoms with Crippen molar-refractivity contribution < 1.29 is 9.59 Å². The minimum absolute atomic E-state index is 0.240. The zero-order valence-electron chi connectivity index (χ0n) is 12.5. The van der Waals surface area contributed by atoms with Gasteiger partial charge in [0.15, 0.2) is 0 Å². The van der Waals surface area contributed by atoms with Crippen LogP contribution in [-0.4, -0.2) is 41.9 Å². The molecule has 20 heavy (non-hydrogen) atoms. The van der Waals surface area contributed by atoms with Crippen molar-refractivity contribution >= 4 is 11.8 Å². The Kier molecular flexibility index (Phi) is 5.02. The summed E-state index contributed by atoms with van der Waals surface area (Å²) in [6, 6.07) is 0. The van der Waals surface area contributed by atoms with Gasteiger partial charge in [-0.05, 0) is 51.0 Å². The molecule has 0 aromatic carbocycles. The number of nitrogens with one attached hydrogen (secondary N) is 1. The molecule has 0 aromatic rings. The third kappa shape index (κ3) is 3.32. The fraction of sp³-hybridized carbons (Fsp3) is 0.867. The second kappa shape index (κ2) is 6.57. The van der Waals surface area contributed by atoms with Crippen LogP contribution < -0.4 is 11.1 Å². The van der Waals surface area contributed by atoms with E-state index in [1.54, 1.807) is 0 Å². The van der Waals surface area contributed by atoms with Gasteiger partial charge in [0, 0.05) is 19.5 Å². The van der Waals surface area contributed by atoms with Crippen molar-refractivity contribution in [3.63, 3.8) is 0 Å². The number of carbonyl (C=O) groups is 2. The van der Waals surface area contributed by atoms with Crippen molar-refractivity contribution in [1.29, 1.82) is 0 Å². The molecule has 2 rings (SSSR count). The number of nitrogens with two attached hydrogens (primary N) is 1. The van der Waals surface area contributed by atoms with Gasteiger partial charge >= 0.3 is 0 Å². The summed E-state index contributed by atoms with van der Waals surface area (Å²) in [5.41, 5.74) is 4.89. The zero-order chi connectivity index (χ0) is 14.6. The van der Waals surface area contributed by atoms with E-state index in [0.717, 1.165) is 58.2 Å². The molecule has 2 saturated heterocycles. The van der Waals surface area contributed by atoms with Gasteiger partial charge in [-0.1, -0.05) is 6.92 Å². The van der Waals surface area contributed by atoms with E-state index in [4.69, 9.17) is 5.73 Å². The summed E-state index contributed by atoms with van der Waals surface area (Å²) in [4.78, 5) is 25.7. The van der Waals surface area contributed by atoms with Crippen LogP contribution in [0.3, 0.4) is 0 Å².